The summed E-state index contributed by atoms with van der Waals surface area (Å²) in [6.07, 6.45) is 6.42. The SMILES string of the molecule is CC(NC1Cc2[nH]c3ccccc3c2C1)C(C)c1cnn2c(Cl)nc(-c3cncc(F)c3)nc12. The number of hydrogen-bond donors (Lipinski definition) is 2. The number of aromatic amines is 1. The van der Waals surface area contributed by atoms with Crippen molar-refractivity contribution < 1.29 is 4.39 Å². The van der Waals surface area contributed by atoms with Crippen LogP contribution in [0.1, 0.15) is 36.6 Å². The highest BCUT2D eigenvalue weighted by Crippen LogP contribution is 2.32. The highest BCUT2D eigenvalue weighted by molar-refractivity contribution is 6.28. The summed E-state index contributed by atoms with van der Waals surface area (Å²) in [6, 6.07) is 10.3. The first-order chi connectivity index (χ1) is 16.5. The molecule has 0 spiro atoms. The molecule has 7 nitrogen and oxygen atoms in total. The molecule has 1 aliphatic carbocycles. The maximum absolute atomic E-state index is 13.7. The van der Waals surface area contributed by atoms with Crippen molar-refractivity contribution in [2.75, 3.05) is 0 Å². The fourth-order valence-electron chi connectivity index (χ4n) is 4.98. The summed E-state index contributed by atoms with van der Waals surface area (Å²) in [5.41, 5.74) is 5.98. The second-order valence-corrected chi connectivity index (χ2v) is 9.36. The van der Waals surface area contributed by atoms with Gasteiger partial charge >= 0.3 is 0 Å². The Labute approximate surface area is 200 Å². The van der Waals surface area contributed by atoms with Crippen molar-refractivity contribution in [3.05, 3.63) is 76.8 Å². The van der Waals surface area contributed by atoms with E-state index in [4.69, 9.17) is 11.6 Å². The van der Waals surface area contributed by atoms with E-state index in [-0.39, 0.29) is 17.2 Å². The van der Waals surface area contributed by atoms with E-state index in [9.17, 15) is 4.39 Å². The number of para-hydroxylation sites is 1. The minimum Gasteiger partial charge on any atom is -0.358 e. The van der Waals surface area contributed by atoms with Gasteiger partial charge in [-0.25, -0.2) is 9.37 Å². The summed E-state index contributed by atoms with van der Waals surface area (Å²) >= 11 is 6.39. The molecule has 3 atom stereocenters. The molecular formula is C25H23ClFN7. The van der Waals surface area contributed by atoms with Crippen LogP contribution in [0.2, 0.25) is 5.28 Å². The molecule has 4 aromatic heterocycles. The van der Waals surface area contributed by atoms with Gasteiger partial charge in [-0.2, -0.15) is 14.6 Å². The van der Waals surface area contributed by atoms with Crippen molar-refractivity contribution in [3.63, 3.8) is 0 Å². The lowest BCUT2D eigenvalue weighted by Gasteiger charge is -2.24. The number of fused-ring (bicyclic) bond motifs is 4. The first kappa shape index (κ1) is 21.2. The van der Waals surface area contributed by atoms with Gasteiger partial charge in [-0.15, -0.1) is 0 Å². The van der Waals surface area contributed by atoms with E-state index in [0.29, 0.717) is 23.1 Å². The molecule has 0 saturated carbocycles. The lowest BCUT2D eigenvalue weighted by Crippen LogP contribution is -2.40. The van der Waals surface area contributed by atoms with Crippen LogP contribution in [-0.2, 0) is 12.8 Å². The van der Waals surface area contributed by atoms with E-state index in [1.165, 1.54) is 38.9 Å². The van der Waals surface area contributed by atoms with Gasteiger partial charge in [0.15, 0.2) is 11.5 Å². The van der Waals surface area contributed by atoms with E-state index in [1.807, 2.05) is 0 Å². The molecule has 34 heavy (non-hydrogen) atoms. The number of nitrogens with one attached hydrogen (secondary N) is 2. The summed E-state index contributed by atoms with van der Waals surface area (Å²) in [4.78, 5) is 16.4. The van der Waals surface area contributed by atoms with Crippen LogP contribution >= 0.6 is 11.6 Å². The van der Waals surface area contributed by atoms with Crippen molar-refractivity contribution in [1.29, 1.82) is 0 Å². The number of hydrogen-bond acceptors (Lipinski definition) is 5. The van der Waals surface area contributed by atoms with E-state index in [0.717, 1.165) is 24.6 Å². The zero-order valence-corrected chi connectivity index (χ0v) is 19.5. The second kappa shape index (κ2) is 8.14. The van der Waals surface area contributed by atoms with Crippen molar-refractivity contribution in [2.45, 2.75) is 44.7 Å². The molecule has 0 fully saturated rings. The molecule has 0 aliphatic heterocycles. The highest BCUT2D eigenvalue weighted by Gasteiger charge is 2.29. The molecule has 0 radical (unpaired) electrons. The minimum atomic E-state index is -0.453. The van der Waals surface area contributed by atoms with Crippen molar-refractivity contribution in [2.24, 2.45) is 0 Å². The monoisotopic (exact) mass is 475 g/mol. The Morgan fingerprint density at radius 2 is 2.00 bits per heavy atom. The Kier molecular flexibility index (Phi) is 5.08. The summed E-state index contributed by atoms with van der Waals surface area (Å²) < 4.78 is 15.2. The Morgan fingerprint density at radius 1 is 1.15 bits per heavy atom. The average Bonchev–Trinajstić information content (AvgIpc) is 3.51. The third-order valence-corrected chi connectivity index (χ3v) is 7.11. The smallest absolute Gasteiger partial charge is 0.227 e. The molecule has 0 amide bonds. The third kappa shape index (κ3) is 3.54. The van der Waals surface area contributed by atoms with E-state index < -0.39 is 5.82 Å². The van der Waals surface area contributed by atoms with Crippen molar-refractivity contribution in [1.82, 2.24) is 34.9 Å². The number of benzene rings is 1. The number of nitrogens with zero attached hydrogens (tertiary/aromatic N) is 5. The number of rotatable bonds is 5. The first-order valence-electron chi connectivity index (χ1n) is 11.3. The maximum atomic E-state index is 13.7. The molecule has 172 valence electrons. The zero-order valence-electron chi connectivity index (χ0n) is 18.8. The third-order valence-electron chi connectivity index (χ3n) is 6.86. The predicted octanol–water partition coefficient (Wildman–Crippen LogP) is 4.71. The van der Waals surface area contributed by atoms with Gasteiger partial charge in [-0.1, -0.05) is 25.1 Å². The Bertz CT molecular complexity index is 1520. The van der Waals surface area contributed by atoms with Gasteiger partial charge in [0.1, 0.15) is 5.82 Å². The number of H-pyrrole nitrogens is 1. The lowest BCUT2D eigenvalue weighted by molar-refractivity contribution is 0.415. The van der Waals surface area contributed by atoms with E-state index >= 15 is 0 Å². The highest BCUT2D eigenvalue weighted by atomic mass is 35.5. The molecule has 6 rings (SSSR count). The molecular weight excluding hydrogens is 453 g/mol. The topological polar surface area (TPSA) is 83.8 Å². The second-order valence-electron chi connectivity index (χ2n) is 9.02. The summed E-state index contributed by atoms with van der Waals surface area (Å²) in [5.74, 6) is -0.0240. The Hall–Kier alpha value is -3.36. The van der Waals surface area contributed by atoms with Crippen LogP contribution in [0, 0.1) is 5.82 Å². The van der Waals surface area contributed by atoms with Gasteiger partial charge in [0, 0.05) is 58.3 Å². The van der Waals surface area contributed by atoms with Gasteiger partial charge in [0.25, 0.3) is 0 Å². The minimum absolute atomic E-state index is 0.109. The van der Waals surface area contributed by atoms with Gasteiger partial charge < -0.3 is 10.3 Å². The van der Waals surface area contributed by atoms with Crippen LogP contribution < -0.4 is 5.32 Å². The summed E-state index contributed by atoms with van der Waals surface area (Å²) in [7, 11) is 0. The Balaban J connectivity index is 1.25. The van der Waals surface area contributed by atoms with Gasteiger partial charge in [0.2, 0.25) is 5.28 Å². The first-order valence-corrected chi connectivity index (χ1v) is 11.7. The van der Waals surface area contributed by atoms with Crippen LogP contribution in [-0.4, -0.2) is 41.6 Å². The molecule has 1 aromatic carbocycles. The van der Waals surface area contributed by atoms with Crippen LogP contribution in [0.4, 0.5) is 4.39 Å². The molecule has 0 bridgehead atoms. The van der Waals surface area contributed by atoms with Crippen LogP contribution in [0.5, 0.6) is 0 Å². The molecule has 2 N–H and O–H groups in total. The normalized spacial score (nSPS) is 17.4. The molecule has 0 saturated heterocycles. The van der Waals surface area contributed by atoms with Gasteiger partial charge in [-0.05, 0) is 42.6 Å². The average molecular weight is 476 g/mol. The predicted molar refractivity (Wildman–Crippen MR) is 129 cm³/mol. The zero-order chi connectivity index (χ0) is 23.4. The molecule has 4 heterocycles. The molecule has 1 aliphatic rings. The van der Waals surface area contributed by atoms with Crippen molar-refractivity contribution >= 4 is 28.2 Å². The van der Waals surface area contributed by atoms with Crippen LogP contribution in [0.15, 0.2) is 48.9 Å². The Morgan fingerprint density at radius 3 is 2.85 bits per heavy atom. The van der Waals surface area contributed by atoms with Gasteiger partial charge in [-0.3, -0.25) is 4.98 Å². The fourth-order valence-corrected chi connectivity index (χ4v) is 5.18. The number of halogens is 2. The standard InChI is InChI=1S/C25H23ClFN7/c1-13(14(2)30-17-8-19-18-5-3-4-6-21(18)31-22(19)9-17)20-12-29-34-24(20)32-23(33-25(34)26)15-7-16(27)11-28-10-15/h3-7,10-14,17,30-31H,8-9H2,1-2H3. The van der Waals surface area contributed by atoms with Crippen LogP contribution in [0.3, 0.4) is 0 Å². The summed E-state index contributed by atoms with van der Waals surface area (Å²) in [5, 5.41) is 9.69. The summed E-state index contributed by atoms with van der Waals surface area (Å²) in [6.45, 7) is 4.33. The van der Waals surface area contributed by atoms with E-state index in [1.54, 1.807) is 6.20 Å². The fraction of sp³-hybridized carbons (Fsp3) is 0.280. The lowest BCUT2D eigenvalue weighted by atomic mass is 9.95. The number of aromatic nitrogens is 6. The van der Waals surface area contributed by atoms with Gasteiger partial charge in [0.05, 0.1) is 12.4 Å². The molecule has 3 unspecified atom stereocenters. The molecule has 9 heteroatoms. The quantitative estimate of drug-likeness (QED) is 0.384. The number of pyridine rings is 1. The molecule has 5 aromatic rings. The maximum Gasteiger partial charge on any atom is 0.227 e. The van der Waals surface area contributed by atoms with Crippen molar-refractivity contribution in [3.8, 4) is 11.4 Å². The van der Waals surface area contributed by atoms with E-state index in [2.05, 4.69) is 68.5 Å². The van der Waals surface area contributed by atoms with Crippen LogP contribution in [0.25, 0.3) is 27.9 Å². The largest absolute Gasteiger partial charge is 0.358 e.